The average Bonchev–Trinajstić information content (AvgIpc) is 3.34. The minimum Gasteiger partial charge on any atom is -0.382 e. The number of nitrogens with one attached hydrogen (secondary N) is 1. The number of amides is 2. The zero-order valence-electron chi connectivity index (χ0n) is 19.1. The number of ether oxygens (including phenoxy) is 3. The molecule has 2 amide bonds. The highest BCUT2D eigenvalue weighted by molar-refractivity contribution is 7.09. The lowest BCUT2D eigenvalue weighted by Gasteiger charge is -2.31. The fourth-order valence-corrected chi connectivity index (χ4v) is 4.67. The van der Waals surface area contributed by atoms with Gasteiger partial charge in [-0.25, -0.2) is 9.37 Å². The van der Waals surface area contributed by atoms with E-state index in [1.54, 1.807) is 23.5 Å². The zero-order chi connectivity index (χ0) is 24.3. The summed E-state index contributed by atoms with van der Waals surface area (Å²) < 4.78 is 28.9. The topological polar surface area (TPSA) is 90.0 Å². The van der Waals surface area contributed by atoms with E-state index >= 15 is 0 Å². The van der Waals surface area contributed by atoms with Gasteiger partial charge in [0.15, 0.2) is 0 Å². The highest BCUT2D eigenvalue weighted by atomic mass is 35.5. The van der Waals surface area contributed by atoms with Gasteiger partial charge < -0.3 is 24.4 Å². The second-order valence-electron chi connectivity index (χ2n) is 7.81. The molecule has 11 heteroatoms. The van der Waals surface area contributed by atoms with Crippen LogP contribution in [-0.4, -0.2) is 74.9 Å². The van der Waals surface area contributed by atoms with Crippen molar-refractivity contribution >= 4 is 34.8 Å². The van der Waals surface area contributed by atoms with Gasteiger partial charge in [-0.2, -0.15) is 0 Å². The number of nitrogens with zero attached hydrogens (tertiary/aromatic N) is 2. The van der Waals surface area contributed by atoms with Gasteiger partial charge in [0.25, 0.3) is 5.91 Å². The highest BCUT2D eigenvalue weighted by Gasteiger charge is 2.26. The first-order valence-electron chi connectivity index (χ1n) is 11.1. The Morgan fingerprint density at radius 3 is 2.68 bits per heavy atom. The first kappa shape index (κ1) is 26.5. The lowest BCUT2D eigenvalue weighted by molar-refractivity contribution is -0.137. The molecule has 1 saturated heterocycles. The van der Waals surface area contributed by atoms with Gasteiger partial charge in [0.1, 0.15) is 18.1 Å². The van der Waals surface area contributed by atoms with Crippen molar-refractivity contribution in [3.8, 4) is 0 Å². The maximum Gasteiger partial charge on any atom is 0.271 e. The number of hydrogen-bond donors (Lipinski definition) is 1. The van der Waals surface area contributed by atoms with Crippen LogP contribution in [0.1, 0.15) is 39.8 Å². The summed E-state index contributed by atoms with van der Waals surface area (Å²) in [4.78, 5) is 31.1. The molecule has 186 valence electrons. The molecule has 0 spiro atoms. The van der Waals surface area contributed by atoms with Gasteiger partial charge in [-0.05, 0) is 30.5 Å². The van der Waals surface area contributed by atoms with Crippen LogP contribution in [-0.2, 0) is 25.5 Å². The normalized spacial score (nSPS) is 14.4. The van der Waals surface area contributed by atoms with Crippen LogP contribution in [0.15, 0.2) is 23.6 Å². The summed E-state index contributed by atoms with van der Waals surface area (Å²) in [6.07, 6.45) is 1.57. The quantitative estimate of drug-likeness (QED) is 0.438. The molecule has 1 fully saturated rings. The van der Waals surface area contributed by atoms with Crippen molar-refractivity contribution in [3.63, 3.8) is 0 Å². The molecule has 0 atom stereocenters. The zero-order valence-corrected chi connectivity index (χ0v) is 20.6. The molecule has 1 aliphatic heterocycles. The largest absolute Gasteiger partial charge is 0.382 e. The number of carbonyl (C=O) groups is 2. The van der Waals surface area contributed by atoms with Crippen LogP contribution in [0, 0.1) is 5.82 Å². The molecule has 2 aromatic rings. The number of likely N-dealkylation sites (tertiary alicyclic amines) is 1. The van der Waals surface area contributed by atoms with Gasteiger partial charge in [-0.1, -0.05) is 17.7 Å². The Morgan fingerprint density at radius 1 is 1.21 bits per heavy atom. The molecule has 0 bridgehead atoms. The molecular weight excluding hydrogens is 485 g/mol. The lowest BCUT2D eigenvalue weighted by Crippen LogP contribution is -2.40. The first-order chi connectivity index (χ1) is 16.5. The monoisotopic (exact) mass is 513 g/mol. The van der Waals surface area contributed by atoms with Gasteiger partial charge in [0.05, 0.1) is 36.5 Å². The van der Waals surface area contributed by atoms with Gasteiger partial charge >= 0.3 is 0 Å². The van der Waals surface area contributed by atoms with Crippen LogP contribution in [0.25, 0.3) is 0 Å². The van der Waals surface area contributed by atoms with Gasteiger partial charge in [0, 0.05) is 38.0 Å². The Morgan fingerprint density at radius 2 is 1.94 bits per heavy atom. The highest BCUT2D eigenvalue weighted by Crippen LogP contribution is 2.30. The van der Waals surface area contributed by atoms with Crippen molar-refractivity contribution in [1.82, 2.24) is 15.2 Å². The number of carbonyl (C=O) groups excluding carboxylic acids is 2. The van der Waals surface area contributed by atoms with E-state index in [9.17, 15) is 14.0 Å². The molecule has 0 saturated carbocycles. The van der Waals surface area contributed by atoms with Crippen LogP contribution in [0.4, 0.5) is 4.39 Å². The van der Waals surface area contributed by atoms with E-state index in [2.05, 4.69) is 10.3 Å². The SMILES string of the molecule is COCCOCCOCC(=O)N1CCC(c2nc(C(=O)NCc3ccc(F)c(Cl)c3)cs2)CC1. The molecule has 0 aliphatic carbocycles. The molecular formula is C23H29ClFN3O5S. The molecule has 0 radical (unpaired) electrons. The standard InChI is InChI=1S/C23H29ClFN3O5S/c1-31-8-9-32-10-11-33-14-21(29)28-6-4-17(5-7-28)23-27-20(15-34-23)22(30)26-13-16-2-3-19(25)18(24)12-16/h2-3,12,15,17H,4-11,13-14H2,1H3,(H,26,30). The van der Waals surface area contributed by atoms with Crippen LogP contribution < -0.4 is 5.32 Å². The van der Waals surface area contributed by atoms with E-state index in [0.717, 1.165) is 17.8 Å². The molecule has 34 heavy (non-hydrogen) atoms. The molecule has 1 N–H and O–H groups in total. The van der Waals surface area contributed by atoms with Crippen molar-refractivity contribution in [2.75, 3.05) is 53.2 Å². The first-order valence-corrected chi connectivity index (χ1v) is 12.3. The lowest BCUT2D eigenvalue weighted by atomic mass is 9.97. The summed E-state index contributed by atoms with van der Waals surface area (Å²) in [6.45, 7) is 3.36. The van der Waals surface area contributed by atoms with Crippen LogP contribution in [0.2, 0.25) is 5.02 Å². The summed E-state index contributed by atoms with van der Waals surface area (Å²) in [6, 6.07) is 4.33. The third-order valence-electron chi connectivity index (χ3n) is 5.42. The third-order valence-corrected chi connectivity index (χ3v) is 6.71. The fourth-order valence-electron chi connectivity index (χ4n) is 3.49. The van der Waals surface area contributed by atoms with Crippen molar-refractivity contribution in [1.29, 1.82) is 0 Å². The van der Waals surface area contributed by atoms with Crippen molar-refractivity contribution in [2.45, 2.75) is 25.3 Å². The summed E-state index contributed by atoms with van der Waals surface area (Å²) in [5.41, 5.74) is 1.06. The number of benzene rings is 1. The summed E-state index contributed by atoms with van der Waals surface area (Å²) in [5.74, 6) is -0.611. The summed E-state index contributed by atoms with van der Waals surface area (Å²) in [5, 5.41) is 5.43. The molecule has 1 aromatic carbocycles. The Hall–Kier alpha value is -2.11. The van der Waals surface area contributed by atoms with Crippen molar-refractivity contribution in [3.05, 3.63) is 50.7 Å². The Labute approximate surface area is 207 Å². The Balaban J connectivity index is 1.38. The predicted octanol–water partition coefficient (Wildman–Crippen LogP) is 3.25. The average molecular weight is 514 g/mol. The predicted molar refractivity (Wildman–Crippen MR) is 127 cm³/mol. The molecule has 1 aliphatic rings. The number of rotatable bonds is 12. The van der Waals surface area contributed by atoms with Gasteiger partial charge in [-0.15, -0.1) is 11.3 Å². The number of aromatic nitrogens is 1. The van der Waals surface area contributed by atoms with Crippen molar-refractivity contribution < 1.29 is 28.2 Å². The molecule has 2 heterocycles. The van der Waals surface area contributed by atoms with E-state index in [1.165, 1.54) is 23.5 Å². The smallest absolute Gasteiger partial charge is 0.271 e. The Kier molecular flexibility index (Phi) is 10.7. The van der Waals surface area contributed by atoms with Crippen LogP contribution in [0.5, 0.6) is 0 Å². The minimum atomic E-state index is -0.496. The van der Waals surface area contributed by atoms with E-state index in [0.29, 0.717) is 50.8 Å². The third kappa shape index (κ3) is 7.99. The van der Waals surface area contributed by atoms with Gasteiger partial charge in [0.2, 0.25) is 5.91 Å². The molecule has 3 rings (SSSR count). The molecule has 1 aromatic heterocycles. The summed E-state index contributed by atoms with van der Waals surface area (Å²) in [7, 11) is 1.61. The van der Waals surface area contributed by atoms with Crippen LogP contribution >= 0.6 is 22.9 Å². The minimum absolute atomic E-state index is 0.0195. The number of halogens is 2. The van der Waals surface area contributed by atoms with E-state index in [-0.39, 0.29) is 35.9 Å². The number of thiazole rings is 1. The maximum atomic E-state index is 13.3. The molecule has 0 unspecified atom stereocenters. The van der Waals surface area contributed by atoms with E-state index in [1.807, 2.05) is 0 Å². The number of hydrogen-bond acceptors (Lipinski definition) is 7. The second-order valence-corrected chi connectivity index (χ2v) is 9.11. The van der Waals surface area contributed by atoms with E-state index in [4.69, 9.17) is 25.8 Å². The van der Waals surface area contributed by atoms with Crippen LogP contribution in [0.3, 0.4) is 0 Å². The number of piperidine rings is 1. The van der Waals surface area contributed by atoms with E-state index < -0.39 is 5.82 Å². The van der Waals surface area contributed by atoms with Crippen molar-refractivity contribution in [2.24, 2.45) is 0 Å². The Bertz CT molecular complexity index is 952. The fraction of sp³-hybridized carbons (Fsp3) is 0.522. The number of methoxy groups -OCH3 is 1. The summed E-state index contributed by atoms with van der Waals surface area (Å²) >= 11 is 7.23. The maximum absolute atomic E-state index is 13.3. The van der Waals surface area contributed by atoms with Gasteiger partial charge in [-0.3, -0.25) is 9.59 Å². The second kappa shape index (κ2) is 13.7. The molecule has 8 nitrogen and oxygen atoms in total.